The summed E-state index contributed by atoms with van der Waals surface area (Å²) < 4.78 is 0. The fraction of sp³-hybridized carbons (Fsp3) is 0.273. The van der Waals surface area contributed by atoms with Crippen molar-refractivity contribution in [3.05, 3.63) is 29.8 Å². The Morgan fingerprint density at radius 2 is 2.31 bits per heavy atom. The van der Waals surface area contributed by atoms with Crippen LogP contribution in [-0.2, 0) is 0 Å². The quantitative estimate of drug-likeness (QED) is 0.410. The molecule has 0 bridgehead atoms. The normalized spacial score (nSPS) is 9.08. The van der Waals surface area contributed by atoms with Crippen molar-refractivity contribution in [2.45, 2.75) is 11.8 Å². The Kier molecular flexibility index (Phi) is 4.82. The number of halogens is 1. The predicted molar refractivity (Wildman–Crippen MR) is 60.4 cm³/mol. The van der Waals surface area contributed by atoms with Gasteiger partial charge in [0.1, 0.15) is 0 Å². The molecule has 1 aromatic rings. The summed E-state index contributed by atoms with van der Waals surface area (Å²) in [4.78, 5) is 1.27. The van der Waals surface area contributed by atoms with Crippen molar-refractivity contribution in [1.82, 2.24) is 0 Å². The summed E-state index contributed by atoms with van der Waals surface area (Å²) in [6.45, 7) is 2.14. The molecule has 0 unspecified atom stereocenters. The van der Waals surface area contributed by atoms with Crippen LogP contribution in [0, 0.1) is 11.8 Å². The van der Waals surface area contributed by atoms with Gasteiger partial charge < -0.3 is 0 Å². The minimum absolute atomic E-state index is 0.394. The van der Waals surface area contributed by atoms with Crippen LogP contribution in [0.4, 0.5) is 0 Å². The predicted octanol–water partition coefficient (Wildman–Crippen LogP) is 3.39. The molecular weight excluding hydrogens is 200 g/mol. The molecule has 0 amide bonds. The number of benzene rings is 1. The second kappa shape index (κ2) is 5.96. The van der Waals surface area contributed by atoms with Gasteiger partial charge in [-0.1, -0.05) is 24.8 Å². The van der Waals surface area contributed by atoms with Gasteiger partial charge in [0.05, 0.1) is 5.88 Å². The van der Waals surface area contributed by atoms with Crippen molar-refractivity contribution in [1.29, 1.82) is 0 Å². The summed E-state index contributed by atoms with van der Waals surface area (Å²) in [7, 11) is 0. The summed E-state index contributed by atoms with van der Waals surface area (Å²) >= 11 is 7.30. The Morgan fingerprint density at radius 3 is 3.00 bits per heavy atom. The lowest BCUT2D eigenvalue weighted by molar-refractivity contribution is 1.41. The zero-order chi connectivity index (χ0) is 9.52. The third-order valence-corrected chi connectivity index (χ3v) is 2.45. The molecule has 0 saturated carbocycles. The van der Waals surface area contributed by atoms with Crippen molar-refractivity contribution in [3.63, 3.8) is 0 Å². The zero-order valence-corrected chi connectivity index (χ0v) is 9.08. The highest BCUT2D eigenvalue weighted by Crippen LogP contribution is 2.17. The van der Waals surface area contributed by atoms with Gasteiger partial charge in [-0.15, -0.1) is 23.4 Å². The number of hydrogen-bond donors (Lipinski definition) is 0. The minimum Gasteiger partial charge on any atom is -0.126 e. The Bertz CT molecular complexity index is 322. The molecule has 13 heavy (non-hydrogen) atoms. The Balaban J connectivity index is 2.79. The highest BCUT2D eigenvalue weighted by molar-refractivity contribution is 7.99. The summed E-state index contributed by atoms with van der Waals surface area (Å²) in [5.74, 6) is 7.32. The summed E-state index contributed by atoms with van der Waals surface area (Å²) in [5.41, 5.74) is 1.04. The van der Waals surface area contributed by atoms with E-state index in [0.29, 0.717) is 5.88 Å². The maximum Gasteiger partial charge on any atom is 0.0839 e. The van der Waals surface area contributed by atoms with Crippen molar-refractivity contribution in [2.24, 2.45) is 0 Å². The highest BCUT2D eigenvalue weighted by atomic mass is 35.5. The minimum atomic E-state index is 0.394. The zero-order valence-electron chi connectivity index (χ0n) is 7.51. The maximum atomic E-state index is 5.47. The highest BCUT2D eigenvalue weighted by Gasteiger charge is 1.91. The molecule has 0 aliphatic heterocycles. The molecule has 0 heterocycles. The fourth-order valence-corrected chi connectivity index (χ4v) is 1.75. The molecular formula is C11H11ClS. The first kappa shape index (κ1) is 10.5. The monoisotopic (exact) mass is 210 g/mol. The van der Waals surface area contributed by atoms with E-state index in [4.69, 9.17) is 11.6 Å². The van der Waals surface area contributed by atoms with Crippen molar-refractivity contribution in [2.75, 3.05) is 11.6 Å². The average Bonchev–Trinajstić information content (AvgIpc) is 2.16. The molecule has 0 aliphatic carbocycles. The van der Waals surface area contributed by atoms with Crippen LogP contribution in [0.1, 0.15) is 12.5 Å². The molecule has 0 N–H and O–H groups in total. The molecule has 0 radical (unpaired) electrons. The standard InChI is InChI=1S/C11H11ClS/c1-2-13-11-7-3-5-10(9-11)6-4-8-12/h3,5,7,9H,2,8H2,1H3. The summed E-state index contributed by atoms with van der Waals surface area (Å²) in [6, 6.07) is 8.21. The lowest BCUT2D eigenvalue weighted by Crippen LogP contribution is -1.77. The molecule has 0 atom stereocenters. The van der Waals surface area contributed by atoms with Crippen LogP contribution >= 0.6 is 23.4 Å². The van der Waals surface area contributed by atoms with Crippen LogP contribution in [0.2, 0.25) is 0 Å². The Hall–Kier alpha value is -0.580. The molecule has 0 aliphatic rings. The maximum absolute atomic E-state index is 5.47. The molecule has 2 heteroatoms. The van der Waals surface area contributed by atoms with Gasteiger partial charge in [0.25, 0.3) is 0 Å². The van der Waals surface area contributed by atoms with Gasteiger partial charge in [0.15, 0.2) is 0 Å². The van der Waals surface area contributed by atoms with E-state index in [1.807, 2.05) is 23.9 Å². The van der Waals surface area contributed by atoms with E-state index in [9.17, 15) is 0 Å². The first-order valence-corrected chi connectivity index (χ1v) is 5.66. The van der Waals surface area contributed by atoms with Gasteiger partial charge >= 0.3 is 0 Å². The van der Waals surface area contributed by atoms with Crippen molar-refractivity contribution in [3.8, 4) is 11.8 Å². The first-order chi connectivity index (χ1) is 6.36. The fourth-order valence-electron chi connectivity index (χ4n) is 0.966. The van der Waals surface area contributed by atoms with Crippen LogP contribution in [0.3, 0.4) is 0 Å². The van der Waals surface area contributed by atoms with Crippen LogP contribution in [0.5, 0.6) is 0 Å². The van der Waals surface area contributed by atoms with Gasteiger partial charge in [0.2, 0.25) is 0 Å². The van der Waals surface area contributed by atoms with E-state index in [-0.39, 0.29) is 0 Å². The van der Waals surface area contributed by atoms with E-state index < -0.39 is 0 Å². The molecule has 0 saturated heterocycles. The molecule has 0 nitrogen and oxygen atoms in total. The third-order valence-electron chi connectivity index (χ3n) is 1.44. The molecule has 68 valence electrons. The van der Waals surface area contributed by atoms with Gasteiger partial charge in [-0.05, 0) is 24.0 Å². The van der Waals surface area contributed by atoms with Crippen molar-refractivity contribution >= 4 is 23.4 Å². The number of thioether (sulfide) groups is 1. The first-order valence-electron chi connectivity index (χ1n) is 4.14. The smallest absolute Gasteiger partial charge is 0.0839 e. The van der Waals surface area contributed by atoms with E-state index >= 15 is 0 Å². The average molecular weight is 211 g/mol. The van der Waals surface area contributed by atoms with Gasteiger partial charge in [-0.25, -0.2) is 0 Å². The number of alkyl halides is 1. The Labute approximate surface area is 88.7 Å². The topological polar surface area (TPSA) is 0 Å². The third kappa shape index (κ3) is 3.76. The number of rotatable bonds is 2. The molecule has 1 rings (SSSR count). The van der Waals surface area contributed by atoms with Crippen LogP contribution in [-0.4, -0.2) is 11.6 Å². The van der Waals surface area contributed by atoms with Crippen LogP contribution in [0.25, 0.3) is 0 Å². The van der Waals surface area contributed by atoms with Gasteiger partial charge in [0, 0.05) is 10.5 Å². The molecule has 0 fully saturated rings. The second-order valence-corrected chi connectivity index (χ2v) is 4.00. The molecule has 0 aromatic heterocycles. The second-order valence-electron chi connectivity index (χ2n) is 2.40. The van der Waals surface area contributed by atoms with Gasteiger partial charge in [-0.2, -0.15) is 0 Å². The lowest BCUT2D eigenvalue weighted by Gasteiger charge is -1.97. The lowest BCUT2D eigenvalue weighted by atomic mass is 10.2. The molecule has 0 spiro atoms. The van der Waals surface area contributed by atoms with E-state index in [1.165, 1.54) is 4.90 Å². The number of hydrogen-bond acceptors (Lipinski definition) is 1. The summed E-state index contributed by atoms with van der Waals surface area (Å²) in [5, 5.41) is 0. The van der Waals surface area contributed by atoms with E-state index in [1.54, 1.807) is 0 Å². The van der Waals surface area contributed by atoms with Crippen LogP contribution in [0.15, 0.2) is 29.2 Å². The van der Waals surface area contributed by atoms with Crippen LogP contribution < -0.4 is 0 Å². The van der Waals surface area contributed by atoms with Crippen molar-refractivity contribution < 1.29 is 0 Å². The summed E-state index contributed by atoms with van der Waals surface area (Å²) in [6.07, 6.45) is 0. The molecule has 1 aromatic carbocycles. The SMILES string of the molecule is CCSc1cccc(C#CCCl)c1. The van der Waals surface area contributed by atoms with Gasteiger partial charge in [-0.3, -0.25) is 0 Å². The Morgan fingerprint density at radius 1 is 1.46 bits per heavy atom. The largest absolute Gasteiger partial charge is 0.126 e. The van der Waals surface area contributed by atoms with E-state index in [2.05, 4.69) is 30.9 Å². The van der Waals surface area contributed by atoms with E-state index in [0.717, 1.165) is 11.3 Å².